The number of carbonyl (C=O) groups is 3. The maximum absolute atomic E-state index is 13.2. The molecule has 2 N–H and O–H groups in total. The van der Waals surface area contributed by atoms with Gasteiger partial charge in [-0.25, -0.2) is 0 Å². The molecule has 26 heavy (non-hydrogen) atoms. The number of hydrogen-bond donors (Lipinski definition) is 2. The van der Waals surface area contributed by atoms with Crippen LogP contribution in [0, 0.1) is 11.8 Å². The Morgan fingerprint density at radius 2 is 1.58 bits per heavy atom. The summed E-state index contributed by atoms with van der Waals surface area (Å²) in [4.78, 5) is 37.7. The van der Waals surface area contributed by atoms with E-state index in [-0.39, 0.29) is 28.4 Å². The van der Waals surface area contributed by atoms with Crippen molar-refractivity contribution in [1.82, 2.24) is 0 Å². The molecule has 0 saturated heterocycles. The summed E-state index contributed by atoms with van der Waals surface area (Å²) in [6.07, 6.45) is 0.937. The molecule has 2 aliphatic carbocycles. The fourth-order valence-corrected chi connectivity index (χ4v) is 4.38. The summed E-state index contributed by atoms with van der Waals surface area (Å²) >= 11 is 0. The second-order valence-corrected chi connectivity index (χ2v) is 6.93. The second-order valence-electron chi connectivity index (χ2n) is 6.93. The molecular formula is C20H18O6. The van der Waals surface area contributed by atoms with Crippen molar-refractivity contribution in [3.8, 4) is 11.5 Å². The maximum atomic E-state index is 13.2. The third kappa shape index (κ3) is 2.21. The Hall–Kier alpha value is -2.89. The van der Waals surface area contributed by atoms with Gasteiger partial charge in [-0.05, 0) is 19.3 Å². The number of esters is 1. The van der Waals surface area contributed by atoms with Crippen LogP contribution in [0.3, 0.4) is 0 Å². The second kappa shape index (κ2) is 5.83. The van der Waals surface area contributed by atoms with E-state index in [9.17, 15) is 24.6 Å². The minimum Gasteiger partial charge on any atom is -0.507 e. The van der Waals surface area contributed by atoms with Gasteiger partial charge in [-0.1, -0.05) is 24.3 Å². The fourth-order valence-electron chi connectivity index (χ4n) is 4.38. The average molecular weight is 354 g/mol. The lowest BCUT2D eigenvalue weighted by atomic mass is 9.65. The molecule has 6 heteroatoms. The monoisotopic (exact) mass is 354 g/mol. The number of rotatable bonds is 1. The maximum Gasteiger partial charge on any atom is 0.302 e. The summed E-state index contributed by atoms with van der Waals surface area (Å²) in [5.74, 6) is -3.39. The van der Waals surface area contributed by atoms with E-state index in [4.69, 9.17) is 4.74 Å². The number of phenols is 2. The van der Waals surface area contributed by atoms with E-state index in [0.717, 1.165) is 0 Å². The van der Waals surface area contributed by atoms with Gasteiger partial charge in [-0.3, -0.25) is 14.4 Å². The van der Waals surface area contributed by atoms with Gasteiger partial charge in [0, 0.05) is 23.6 Å². The van der Waals surface area contributed by atoms with Crippen LogP contribution in [0.1, 0.15) is 46.9 Å². The Morgan fingerprint density at radius 3 is 2.15 bits per heavy atom. The standard InChI is InChI=1S/C20H18O6/c1-9(21)26-13-8-4-7-12-14(13)20(25)16-15(19(12)24)17(22)10-5-2-3-6-11(10)18(16)23/h2-3,5-6,12-14,22-23H,4,7-8H2,1H3. The van der Waals surface area contributed by atoms with Crippen molar-refractivity contribution in [3.63, 3.8) is 0 Å². The number of Topliss-reactive ketones (excluding diaryl/α,β-unsaturated/α-hetero) is 2. The third-order valence-corrected chi connectivity index (χ3v) is 5.45. The lowest BCUT2D eigenvalue weighted by Gasteiger charge is -2.39. The number of carbonyl (C=O) groups excluding carboxylic acids is 3. The number of ketones is 2. The Labute approximate surface area is 149 Å². The third-order valence-electron chi connectivity index (χ3n) is 5.45. The van der Waals surface area contributed by atoms with Crippen LogP contribution in [0.5, 0.6) is 11.5 Å². The summed E-state index contributed by atoms with van der Waals surface area (Å²) in [6.45, 7) is 1.27. The van der Waals surface area contributed by atoms with Crippen LogP contribution in [0.25, 0.3) is 10.8 Å². The van der Waals surface area contributed by atoms with Gasteiger partial charge >= 0.3 is 5.97 Å². The van der Waals surface area contributed by atoms with Crippen molar-refractivity contribution in [2.45, 2.75) is 32.3 Å². The molecule has 0 heterocycles. The van der Waals surface area contributed by atoms with Crippen LogP contribution in [0.4, 0.5) is 0 Å². The number of hydrogen-bond acceptors (Lipinski definition) is 6. The van der Waals surface area contributed by atoms with E-state index in [1.165, 1.54) is 6.92 Å². The highest BCUT2D eigenvalue weighted by atomic mass is 16.5. The van der Waals surface area contributed by atoms with Crippen LogP contribution in [0.2, 0.25) is 0 Å². The fraction of sp³-hybridized carbons (Fsp3) is 0.350. The predicted molar refractivity (Wildman–Crippen MR) is 92.3 cm³/mol. The molecule has 4 rings (SSSR count). The number of ether oxygens (including phenoxy) is 1. The van der Waals surface area contributed by atoms with Gasteiger partial charge in [0.15, 0.2) is 11.6 Å². The van der Waals surface area contributed by atoms with E-state index in [2.05, 4.69) is 0 Å². The number of phenolic OH excluding ortho intramolecular Hbond substituents is 2. The molecule has 0 aliphatic heterocycles. The van der Waals surface area contributed by atoms with Crippen molar-refractivity contribution >= 4 is 28.3 Å². The Bertz CT molecular complexity index is 960. The Morgan fingerprint density at radius 1 is 1.00 bits per heavy atom. The predicted octanol–water partition coefficient (Wildman–Crippen LogP) is 2.98. The summed E-state index contributed by atoms with van der Waals surface area (Å²) in [6, 6.07) is 6.53. The highest BCUT2D eigenvalue weighted by Crippen LogP contribution is 2.49. The molecule has 0 radical (unpaired) electrons. The van der Waals surface area contributed by atoms with Crippen molar-refractivity contribution in [2.75, 3.05) is 0 Å². The van der Waals surface area contributed by atoms with E-state index >= 15 is 0 Å². The van der Waals surface area contributed by atoms with Gasteiger partial charge in [-0.2, -0.15) is 0 Å². The Kier molecular flexibility index (Phi) is 3.72. The molecule has 134 valence electrons. The first-order chi connectivity index (χ1) is 12.4. The molecule has 2 aliphatic rings. The first-order valence-corrected chi connectivity index (χ1v) is 8.64. The summed E-state index contributed by atoms with van der Waals surface area (Å²) < 4.78 is 5.30. The highest BCUT2D eigenvalue weighted by Gasteiger charge is 2.50. The van der Waals surface area contributed by atoms with Gasteiger partial charge in [0.2, 0.25) is 0 Å². The summed E-state index contributed by atoms with van der Waals surface area (Å²) in [5.41, 5.74) is -0.276. The largest absolute Gasteiger partial charge is 0.507 e. The molecule has 3 atom stereocenters. The average Bonchev–Trinajstić information content (AvgIpc) is 2.62. The zero-order chi connectivity index (χ0) is 18.6. The van der Waals surface area contributed by atoms with Gasteiger partial charge in [-0.15, -0.1) is 0 Å². The molecule has 3 unspecified atom stereocenters. The van der Waals surface area contributed by atoms with Gasteiger partial charge < -0.3 is 14.9 Å². The van der Waals surface area contributed by atoms with Gasteiger partial charge in [0.25, 0.3) is 0 Å². The highest BCUT2D eigenvalue weighted by molar-refractivity contribution is 6.23. The molecule has 0 amide bonds. The van der Waals surface area contributed by atoms with E-state index < -0.39 is 29.7 Å². The lowest BCUT2D eigenvalue weighted by molar-refractivity contribution is -0.150. The zero-order valence-corrected chi connectivity index (χ0v) is 14.2. The Balaban J connectivity index is 1.96. The molecule has 1 saturated carbocycles. The summed E-state index contributed by atoms with van der Waals surface area (Å²) in [5, 5.41) is 22.0. The van der Waals surface area contributed by atoms with Crippen LogP contribution in [-0.4, -0.2) is 33.9 Å². The van der Waals surface area contributed by atoms with Crippen LogP contribution < -0.4 is 0 Å². The van der Waals surface area contributed by atoms with Crippen molar-refractivity contribution in [3.05, 3.63) is 35.4 Å². The van der Waals surface area contributed by atoms with Crippen LogP contribution >= 0.6 is 0 Å². The normalized spacial score (nSPS) is 24.9. The van der Waals surface area contributed by atoms with Crippen molar-refractivity contribution < 1.29 is 29.3 Å². The molecule has 0 aromatic heterocycles. The number of fused-ring (bicyclic) bond motifs is 3. The van der Waals surface area contributed by atoms with E-state index in [1.54, 1.807) is 24.3 Å². The van der Waals surface area contributed by atoms with E-state index in [1.807, 2.05) is 0 Å². The zero-order valence-electron chi connectivity index (χ0n) is 14.2. The van der Waals surface area contributed by atoms with E-state index in [0.29, 0.717) is 30.0 Å². The molecule has 2 aromatic carbocycles. The first kappa shape index (κ1) is 16.6. The number of benzene rings is 2. The smallest absolute Gasteiger partial charge is 0.302 e. The lowest BCUT2D eigenvalue weighted by Crippen LogP contribution is -2.47. The minimum atomic E-state index is -0.820. The van der Waals surface area contributed by atoms with Gasteiger partial charge in [0.1, 0.15) is 17.6 Å². The number of aromatic hydroxyl groups is 2. The topological polar surface area (TPSA) is 101 Å². The van der Waals surface area contributed by atoms with Crippen LogP contribution in [0.15, 0.2) is 24.3 Å². The van der Waals surface area contributed by atoms with Gasteiger partial charge in [0.05, 0.1) is 17.0 Å². The molecule has 2 aromatic rings. The quantitative estimate of drug-likeness (QED) is 0.603. The molecule has 1 fully saturated rings. The minimum absolute atomic E-state index is 0.115. The molecule has 0 spiro atoms. The molecular weight excluding hydrogens is 336 g/mol. The molecule has 6 nitrogen and oxygen atoms in total. The van der Waals surface area contributed by atoms with Crippen LogP contribution in [-0.2, 0) is 9.53 Å². The molecule has 0 bridgehead atoms. The SMILES string of the molecule is CC(=O)OC1CCCC2C(=O)c3c(c(O)c4ccccc4c3O)C(=O)C12. The summed E-state index contributed by atoms with van der Waals surface area (Å²) in [7, 11) is 0. The van der Waals surface area contributed by atoms with Crippen molar-refractivity contribution in [1.29, 1.82) is 0 Å². The first-order valence-electron chi connectivity index (χ1n) is 8.64. The van der Waals surface area contributed by atoms with Crippen molar-refractivity contribution in [2.24, 2.45) is 11.8 Å².